The van der Waals surface area contributed by atoms with E-state index in [1.807, 2.05) is 97.1 Å². The zero-order valence-corrected chi connectivity index (χ0v) is 23.1. The van der Waals surface area contributed by atoms with Crippen molar-refractivity contribution in [1.29, 1.82) is 0 Å². The first-order valence-electron chi connectivity index (χ1n) is 13.5. The number of anilines is 2. The first-order valence-corrected chi connectivity index (χ1v) is 13.5. The average Bonchev–Trinajstić information content (AvgIpc) is 2.94. The lowest BCUT2D eigenvalue weighted by Gasteiger charge is -2.32. The van der Waals surface area contributed by atoms with Crippen molar-refractivity contribution in [3.05, 3.63) is 131 Å². The van der Waals surface area contributed by atoms with Crippen LogP contribution in [0.1, 0.15) is 67.8 Å². The number of nitrogens with one attached hydrogen (secondary N) is 2. The van der Waals surface area contributed by atoms with Gasteiger partial charge in [0.1, 0.15) is 6.54 Å². The van der Waals surface area contributed by atoms with E-state index in [0.29, 0.717) is 5.69 Å². The van der Waals surface area contributed by atoms with Crippen molar-refractivity contribution >= 4 is 23.3 Å². The van der Waals surface area contributed by atoms with Gasteiger partial charge in [-0.1, -0.05) is 125 Å². The number of para-hydroxylation sites is 2. The monoisotopic (exact) mass is 519 g/mol. The fourth-order valence-electron chi connectivity index (χ4n) is 4.85. The van der Waals surface area contributed by atoms with Crippen LogP contribution in [0, 0.1) is 0 Å². The van der Waals surface area contributed by atoms with Gasteiger partial charge in [0.2, 0.25) is 5.91 Å². The van der Waals surface area contributed by atoms with Crippen LogP contribution in [-0.2, 0) is 4.79 Å². The third-order valence-corrected chi connectivity index (χ3v) is 6.78. The highest BCUT2D eigenvalue weighted by atomic mass is 16.2. The molecule has 0 saturated heterocycles. The van der Waals surface area contributed by atoms with Crippen LogP contribution >= 0.6 is 0 Å². The molecule has 2 N–H and O–H groups in total. The van der Waals surface area contributed by atoms with E-state index in [1.54, 1.807) is 4.90 Å². The molecule has 0 aliphatic rings. The second kappa shape index (κ2) is 12.9. The Labute approximate surface area is 231 Å². The summed E-state index contributed by atoms with van der Waals surface area (Å²) in [6.07, 6.45) is 0. The van der Waals surface area contributed by atoms with Crippen LogP contribution in [-0.4, -0.2) is 23.4 Å². The Hall–Kier alpha value is -4.38. The Morgan fingerprint density at radius 1 is 0.615 bits per heavy atom. The van der Waals surface area contributed by atoms with Crippen LogP contribution < -0.4 is 10.6 Å². The van der Waals surface area contributed by atoms with Crippen molar-refractivity contribution in [1.82, 2.24) is 4.90 Å². The summed E-state index contributed by atoms with van der Waals surface area (Å²) >= 11 is 0. The SMILES string of the molecule is CC(C)c1cccc(C(C)C)c1NC(=O)CN(C(=O)Nc1ccccc1)C(c1ccccc1)c1ccccc1. The van der Waals surface area contributed by atoms with Crippen molar-refractivity contribution in [2.45, 2.75) is 45.6 Å². The van der Waals surface area contributed by atoms with E-state index in [9.17, 15) is 9.59 Å². The first-order chi connectivity index (χ1) is 18.8. The summed E-state index contributed by atoms with van der Waals surface area (Å²) in [6, 6.07) is 34.3. The summed E-state index contributed by atoms with van der Waals surface area (Å²) in [5.41, 5.74) is 5.51. The predicted molar refractivity (Wildman–Crippen MR) is 160 cm³/mol. The van der Waals surface area contributed by atoms with E-state index in [0.717, 1.165) is 27.9 Å². The molecule has 4 aromatic carbocycles. The first kappa shape index (κ1) is 27.6. The van der Waals surface area contributed by atoms with Gasteiger partial charge in [-0.05, 0) is 46.2 Å². The summed E-state index contributed by atoms with van der Waals surface area (Å²) in [7, 11) is 0. The Bertz CT molecular complexity index is 1300. The maximum absolute atomic E-state index is 13.9. The van der Waals surface area contributed by atoms with Crippen LogP contribution in [0.4, 0.5) is 16.2 Å². The molecule has 0 heterocycles. The molecule has 0 unspecified atom stereocenters. The lowest BCUT2D eigenvalue weighted by Crippen LogP contribution is -2.43. The maximum atomic E-state index is 13.9. The molecule has 5 nitrogen and oxygen atoms in total. The number of nitrogens with zero attached hydrogens (tertiary/aromatic N) is 1. The molecular weight excluding hydrogens is 482 g/mol. The zero-order chi connectivity index (χ0) is 27.8. The van der Waals surface area contributed by atoms with Crippen molar-refractivity contribution in [2.75, 3.05) is 17.2 Å². The minimum atomic E-state index is -0.466. The second-order valence-corrected chi connectivity index (χ2v) is 10.3. The zero-order valence-electron chi connectivity index (χ0n) is 23.1. The highest BCUT2D eigenvalue weighted by molar-refractivity contribution is 5.98. The van der Waals surface area contributed by atoms with Crippen LogP contribution in [0.2, 0.25) is 0 Å². The van der Waals surface area contributed by atoms with Crippen molar-refractivity contribution in [3.8, 4) is 0 Å². The van der Waals surface area contributed by atoms with E-state index in [1.165, 1.54) is 0 Å². The maximum Gasteiger partial charge on any atom is 0.323 e. The summed E-state index contributed by atoms with van der Waals surface area (Å²) < 4.78 is 0. The van der Waals surface area contributed by atoms with Gasteiger partial charge in [0.05, 0.1) is 6.04 Å². The molecule has 3 amide bonds. The second-order valence-electron chi connectivity index (χ2n) is 10.3. The van der Waals surface area contributed by atoms with Crippen LogP contribution in [0.15, 0.2) is 109 Å². The van der Waals surface area contributed by atoms with Gasteiger partial charge in [-0.25, -0.2) is 4.79 Å². The van der Waals surface area contributed by atoms with Crippen LogP contribution in [0.3, 0.4) is 0 Å². The Morgan fingerprint density at radius 2 is 1.08 bits per heavy atom. The van der Waals surface area contributed by atoms with Gasteiger partial charge < -0.3 is 15.5 Å². The van der Waals surface area contributed by atoms with Crippen molar-refractivity contribution in [3.63, 3.8) is 0 Å². The number of amides is 3. The van der Waals surface area contributed by atoms with Gasteiger partial charge in [-0.15, -0.1) is 0 Å². The van der Waals surface area contributed by atoms with Crippen molar-refractivity contribution < 1.29 is 9.59 Å². The molecule has 200 valence electrons. The minimum absolute atomic E-state index is 0.128. The van der Waals surface area contributed by atoms with Crippen molar-refractivity contribution in [2.24, 2.45) is 0 Å². The Balaban J connectivity index is 1.73. The van der Waals surface area contributed by atoms with Gasteiger partial charge in [0.15, 0.2) is 0 Å². The average molecular weight is 520 g/mol. The fourth-order valence-corrected chi connectivity index (χ4v) is 4.85. The molecule has 4 rings (SSSR count). The molecule has 0 aliphatic carbocycles. The predicted octanol–water partition coefficient (Wildman–Crippen LogP) is 8.20. The summed E-state index contributed by atoms with van der Waals surface area (Å²) in [5, 5.41) is 6.19. The van der Waals surface area contributed by atoms with Gasteiger partial charge in [0.25, 0.3) is 0 Å². The standard InChI is InChI=1S/C34H37N3O2/c1-24(2)29-21-14-22-30(25(3)4)32(29)36-31(38)23-37(34(39)35-28-19-12-7-13-20-28)33(26-15-8-5-9-16-26)27-17-10-6-11-18-27/h5-22,24-25,33H,23H2,1-4H3,(H,35,39)(H,36,38). The minimum Gasteiger partial charge on any atom is -0.324 e. The molecule has 39 heavy (non-hydrogen) atoms. The molecule has 0 saturated carbocycles. The molecule has 0 bridgehead atoms. The highest BCUT2D eigenvalue weighted by Crippen LogP contribution is 2.33. The topological polar surface area (TPSA) is 61.4 Å². The lowest BCUT2D eigenvalue weighted by atomic mass is 9.92. The molecule has 0 aromatic heterocycles. The van der Waals surface area contributed by atoms with E-state index in [-0.39, 0.29) is 30.3 Å². The summed E-state index contributed by atoms with van der Waals surface area (Å²) in [4.78, 5) is 29.2. The van der Waals surface area contributed by atoms with Gasteiger partial charge in [-0.2, -0.15) is 0 Å². The van der Waals surface area contributed by atoms with Gasteiger partial charge >= 0.3 is 6.03 Å². The van der Waals surface area contributed by atoms with Gasteiger partial charge in [0, 0.05) is 11.4 Å². The molecular formula is C34H37N3O2. The number of urea groups is 1. The number of hydrogen-bond acceptors (Lipinski definition) is 2. The highest BCUT2D eigenvalue weighted by Gasteiger charge is 2.29. The summed E-state index contributed by atoms with van der Waals surface area (Å²) in [5.74, 6) is 0.223. The molecule has 5 heteroatoms. The smallest absolute Gasteiger partial charge is 0.323 e. The van der Waals surface area contributed by atoms with E-state index >= 15 is 0 Å². The number of carbonyl (C=O) groups excluding carboxylic acids is 2. The largest absolute Gasteiger partial charge is 0.324 e. The number of carbonyl (C=O) groups is 2. The third kappa shape index (κ3) is 6.94. The van der Waals surface area contributed by atoms with E-state index in [2.05, 4.69) is 50.5 Å². The van der Waals surface area contributed by atoms with Crippen LogP contribution in [0.25, 0.3) is 0 Å². The molecule has 0 aliphatic heterocycles. The fraction of sp³-hybridized carbons (Fsp3) is 0.235. The molecule has 0 radical (unpaired) electrons. The quantitative estimate of drug-likeness (QED) is 0.234. The van der Waals surface area contributed by atoms with Crippen LogP contribution in [0.5, 0.6) is 0 Å². The van der Waals surface area contributed by atoms with E-state index in [4.69, 9.17) is 0 Å². The normalized spacial score (nSPS) is 11.1. The van der Waals surface area contributed by atoms with E-state index < -0.39 is 6.04 Å². The van der Waals surface area contributed by atoms with Gasteiger partial charge in [-0.3, -0.25) is 4.79 Å². The Kier molecular flexibility index (Phi) is 9.16. The summed E-state index contributed by atoms with van der Waals surface area (Å²) in [6.45, 7) is 8.35. The molecule has 0 atom stereocenters. The Morgan fingerprint density at radius 3 is 1.54 bits per heavy atom. The molecule has 0 spiro atoms. The molecule has 0 fully saturated rings. The molecule has 4 aromatic rings. The third-order valence-electron chi connectivity index (χ3n) is 6.78. The number of rotatable bonds is 9. The number of hydrogen-bond donors (Lipinski definition) is 2. The lowest BCUT2D eigenvalue weighted by molar-refractivity contribution is -0.117. The number of benzene rings is 4.